The number of hydrogen-bond acceptors (Lipinski definition) is 5. The van der Waals surface area contributed by atoms with Crippen LogP contribution in [0.1, 0.15) is 22.7 Å². The monoisotopic (exact) mass is 490 g/mol. The number of amides is 1. The number of halogens is 1. The van der Waals surface area contributed by atoms with Gasteiger partial charge in [0.15, 0.2) is 0 Å². The molecule has 0 bridgehead atoms. The van der Waals surface area contributed by atoms with E-state index in [4.69, 9.17) is 16.3 Å². The van der Waals surface area contributed by atoms with Crippen molar-refractivity contribution in [2.45, 2.75) is 12.6 Å². The van der Waals surface area contributed by atoms with Crippen molar-refractivity contribution in [1.29, 1.82) is 0 Å². The minimum Gasteiger partial charge on any atom is -0.507 e. The number of carbonyl (C=O) groups excluding carboxylic acids is 2. The van der Waals surface area contributed by atoms with E-state index in [1.807, 2.05) is 49.3 Å². The fourth-order valence-corrected chi connectivity index (χ4v) is 4.14. The van der Waals surface area contributed by atoms with E-state index in [2.05, 4.69) is 0 Å². The molecule has 7 heteroatoms. The molecule has 1 heterocycles. The Labute approximate surface area is 210 Å². The second-order valence-electron chi connectivity index (χ2n) is 8.65. The number of likely N-dealkylation sites (tertiary alicyclic amines) is 1. The highest BCUT2D eigenvalue weighted by atomic mass is 35.5. The Kier molecular flexibility index (Phi) is 7.54. The predicted octanol–water partition coefficient (Wildman–Crippen LogP) is 4.90. The van der Waals surface area contributed by atoms with E-state index < -0.39 is 17.7 Å². The van der Waals surface area contributed by atoms with Gasteiger partial charge in [-0.3, -0.25) is 9.59 Å². The molecule has 6 nitrogen and oxygen atoms in total. The number of benzene rings is 3. The lowest BCUT2D eigenvalue weighted by atomic mass is 9.95. The number of Topliss-reactive ketones (excluding diaryl/α,β-unsaturated/α-hetero) is 1. The molecule has 0 aromatic heterocycles. The molecule has 1 amide bonds. The lowest BCUT2D eigenvalue weighted by Crippen LogP contribution is -2.35. The third-order valence-electron chi connectivity index (χ3n) is 5.89. The van der Waals surface area contributed by atoms with E-state index in [0.717, 1.165) is 5.56 Å². The maximum atomic E-state index is 13.1. The summed E-state index contributed by atoms with van der Waals surface area (Å²) >= 11 is 6.06. The molecule has 1 saturated heterocycles. The molecule has 0 radical (unpaired) electrons. The van der Waals surface area contributed by atoms with E-state index in [1.54, 1.807) is 48.5 Å². The summed E-state index contributed by atoms with van der Waals surface area (Å²) in [5.41, 5.74) is 2.24. The zero-order valence-corrected chi connectivity index (χ0v) is 20.4. The standard InChI is InChI=1S/C28H27ClN2O4/c1-30(2)16-17-31-25(20-8-12-22(29)13-9-20)24(27(33)28(31)34)26(32)21-10-14-23(15-11-21)35-18-19-6-4-3-5-7-19/h3-15,25,32H,16-18H2,1-2H3/t25-/m1/s1. The molecule has 1 aliphatic heterocycles. The van der Waals surface area contributed by atoms with Crippen LogP contribution < -0.4 is 4.74 Å². The summed E-state index contributed by atoms with van der Waals surface area (Å²) in [6, 6.07) is 22.9. The highest BCUT2D eigenvalue weighted by molar-refractivity contribution is 6.46. The normalized spacial score (nSPS) is 17.3. The fourth-order valence-electron chi connectivity index (χ4n) is 4.02. The smallest absolute Gasteiger partial charge is 0.295 e. The van der Waals surface area contributed by atoms with E-state index in [-0.39, 0.29) is 11.3 Å². The number of aliphatic hydroxyl groups is 1. The van der Waals surface area contributed by atoms with E-state index in [9.17, 15) is 14.7 Å². The summed E-state index contributed by atoms with van der Waals surface area (Å²) in [5.74, 6) is -0.918. The first-order chi connectivity index (χ1) is 16.8. The first-order valence-electron chi connectivity index (χ1n) is 11.3. The number of rotatable bonds is 8. The van der Waals surface area contributed by atoms with Crippen molar-refractivity contribution >= 4 is 29.1 Å². The van der Waals surface area contributed by atoms with Crippen LogP contribution in [0.15, 0.2) is 84.4 Å². The summed E-state index contributed by atoms with van der Waals surface area (Å²) in [7, 11) is 3.80. The van der Waals surface area contributed by atoms with Crippen LogP contribution in [-0.2, 0) is 16.2 Å². The topological polar surface area (TPSA) is 70.1 Å². The van der Waals surface area contributed by atoms with Crippen molar-refractivity contribution in [3.05, 3.63) is 106 Å². The van der Waals surface area contributed by atoms with Gasteiger partial charge in [-0.15, -0.1) is 0 Å². The molecule has 1 aliphatic rings. The third kappa shape index (κ3) is 5.56. The quantitative estimate of drug-likeness (QED) is 0.276. The molecule has 1 fully saturated rings. The lowest BCUT2D eigenvalue weighted by molar-refractivity contribution is -0.140. The zero-order chi connectivity index (χ0) is 24.9. The van der Waals surface area contributed by atoms with Gasteiger partial charge in [0.25, 0.3) is 11.7 Å². The van der Waals surface area contributed by atoms with Crippen LogP contribution in [0.4, 0.5) is 0 Å². The maximum absolute atomic E-state index is 13.1. The first kappa shape index (κ1) is 24.5. The van der Waals surface area contributed by atoms with Crippen LogP contribution in [0.3, 0.4) is 0 Å². The Morgan fingerprint density at radius 2 is 1.63 bits per heavy atom. The highest BCUT2D eigenvalue weighted by Gasteiger charge is 2.45. The van der Waals surface area contributed by atoms with Crippen molar-refractivity contribution in [3.8, 4) is 5.75 Å². The summed E-state index contributed by atoms with van der Waals surface area (Å²) in [6.07, 6.45) is 0. The second-order valence-corrected chi connectivity index (χ2v) is 9.08. The molecule has 0 spiro atoms. The zero-order valence-electron chi connectivity index (χ0n) is 19.6. The molecular weight excluding hydrogens is 464 g/mol. The number of nitrogens with zero attached hydrogens (tertiary/aromatic N) is 2. The van der Waals surface area contributed by atoms with Gasteiger partial charge in [0.05, 0.1) is 11.6 Å². The largest absolute Gasteiger partial charge is 0.507 e. The van der Waals surface area contributed by atoms with E-state index >= 15 is 0 Å². The molecule has 3 aromatic carbocycles. The molecule has 1 N–H and O–H groups in total. The molecule has 35 heavy (non-hydrogen) atoms. The first-order valence-corrected chi connectivity index (χ1v) is 11.7. The SMILES string of the molecule is CN(C)CCN1C(=O)C(=O)C(=C(O)c2ccc(OCc3ccccc3)cc2)[C@H]1c1ccc(Cl)cc1. The minimum atomic E-state index is -0.707. The second kappa shape index (κ2) is 10.8. The van der Waals surface area contributed by atoms with Crippen molar-refractivity contribution in [1.82, 2.24) is 9.80 Å². The maximum Gasteiger partial charge on any atom is 0.295 e. The Morgan fingerprint density at radius 3 is 2.26 bits per heavy atom. The number of likely N-dealkylation sites (N-methyl/N-ethyl adjacent to an activating group) is 1. The Morgan fingerprint density at radius 1 is 0.971 bits per heavy atom. The van der Waals surface area contributed by atoms with Crippen molar-refractivity contribution in [3.63, 3.8) is 0 Å². The molecule has 1 atom stereocenters. The molecule has 0 saturated carbocycles. The van der Waals surface area contributed by atoms with Crippen molar-refractivity contribution in [2.24, 2.45) is 0 Å². The molecule has 0 aliphatic carbocycles. The van der Waals surface area contributed by atoms with Crippen molar-refractivity contribution in [2.75, 3.05) is 27.2 Å². The molecule has 180 valence electrons. The van der Waals surface area contributed by atoms with Crippen LogP contribution in [0.5, 0.6) is 5.75 Å². The van der Waals surface area contributed by atoms with Gasteiger partial charge in [-0.1, -0.05) is 54.1 Å². The fraction of sp³-hybridized carbons (Fsp3) is 0.214. The minimum absolute atomic E-state index is 0.0639. The lowest BCUT2D eigenvalue weighted by Gasteiger charge is -2.26. The summed E-state index contributed by atoms with van der Waals surface area (Å²) in [4.78, 5) is 29.5. The number of aliphatic hydroxyl groups excluding tert-OH is 1. The Balaban J connectivity index is 1.65. The number of ketones is 1. The summed E-state index contributed by atoms with van der Waals surface area (Å²) in [6.45, 7) is 1.33. The van der Waals surface area contributed by atoms with Gasteiger partial charge in [-0.25, -0.2) is 0 Å². The average molecular weight is 491 g/mol. The third-order valence-corrected chi connectivity index (χ3v) is 6.14. The van der Waals surface area contributed by atoms with Crippen molar-refractivity contribution < 1.29 is 19.4 Å². The van der Waals surface area contributed by atoms with Gasteiger partial charge in [0.1, 0.15) is 18.1 Å². The summed E-state index contributed by atoms with van der Waals surface area (Å²) in [5, 5.41) is 11.7. The van der Waals surface area contributed by atoms with Gasteiger partial charge in [0, 0.05) is 23.7 Å². The predicted molar refractivity (Wildman–Crippen MR) is 136 cm³/mol. The van der Waals surface area contributed by atoms with Gasteiger partial charge >= 0.3 is 0 Å². The van der Waals surface area contributed by atoms with Crippen LogP contribution >= 0.6 is 11.6 Å². The summed E-state index contributed by atoms with van der Waals surface area (Å²) < 4.78 is 5.82. The van der Waals surface area contributed by atoms with E-state index in [0.29, 0.717) is 41.6 Å². The Hall–Kier alpha value is -3.61. The van der Waals surface area contributed by atoms with Crippen LogP contribution in [0.2, 0.25) is 5.02 Å². The van der Waals surface area contributed by atoms with Gasteiger partial charge in [-0.05, 0) is 61.6 Å². The average Bonchev–Trinajstić information content (AvgIpc) is 3.12. The highest BCUT2D eigenvalue weighted by Crippen LogP contribution is 2.39. The van der Waals surface area contributed by atoms with Gasteiger partial charge in [0.2, 0.25) is 0 Å². The molecule has 3 aromatic rings. The van der Waals surface area contributed by atoms with Crippen LogP contribution in [-0.4, -0.2) is 53.8 Å². The van der Waals surface area contributed by atoms with Crippen LogP contribution in [0, 0.1) is 0 Å². The number of carbonyl (C=O) groups is 2. The van der Waals surface area contributed by atoms with E-state index in [1.165, 1.54) is 4.90 Å². The number of hydrogen-bond donors (Lipinski definition) is 1. The van der Waals surface area contributed by atoms with Crippen LogP contribution in [0.25, 0.3) is 5.76 Å². The van der Waals surface area contributed by atoms with Gasteiger partial charge < -0.3 is 19.6 Å². The Bertz CT molecular complexity index is 1220. The molecule has 0 unspecified atom stereocenters. The van der Waals surface area contributed by atoms with Gasteiger partial charge in [-0.2, -0.15) is 0 Å². The molecule has 4 rings (SSSR count). The molecular formula is C28H27ClN2O4. The number of ether oxygens (including phenoxy) is 1.